The fraction of sp³-hybridized carbons (Fsp3) is 0.231. The fourth-order valence-corrected chi connectivity index (χ4v) is 2.83. The van der Waals surface area contributed by atoms with E-state index < -0.39 is 5.60 Å². The maximum atomic E-state index is 10.6. The van der Waals surface area contributed by atoms with Gasteiger partial charge in [-0.2, -0.15) is 0 Å². The Bertz CT molecular complexity index is 502. The number of aliphatic hydroxyl groups is 1. The zero-order chi connectivity index (χ0) is 11.8. The van der Waals surface area contributed by atoms with Gasteiger partial charge >= 0.3 is 0 Å². The SMILES string of the molecule is Cc1sccc1C(C)(O)c1cccc(Cl)c1. The first-order chi connectivity index (χ1) is 7.51. The molecular formula is C13H13ClOS. The predicted molar refractivity (Wildman–Crippen MR) is 69.2 cm³/mol. The molecule has 0 fully saturated rings. The molecule has 0 aliphatic carbocycles. The summed E-state index contributed by atoms with van der Waals surface area (Å²) in [7, 11) is 0. The molecule has 0 amide bonds. The lowest BCUT2D eigenvalue weighted by molar-refractivity contribution is 0.102. The van der Waals surface area contributed by atoms with E-state index in [1.807, 2.05) is 36.6 Å². The number of halogens is 1. The molecule has 16 heavy (non-hydrogen) atoms. The summed E-state index contributed by atoms with van der Waals surface area (Å²) in [6.45, 7) is 3.81. The van der Waals surface area contributed by atoms with Gasteiger partial charge in [0.25, 0.3) is 0 Å². The fourth-order valence-electron chi connectivity index (χ4n) is 1.84. The van der Waals surface area contributed by atoms with Crippen molar-refractivity contribution in [3.05, 3.63) is 56.7 Å². The zero-order valence-corrected chi connectivity index (χ0v) is 10.8. The third kappa shape index (κ3) is 2.01. The zero-order valence-electron chi connectivity index (χ0n) is 9.20. The normalized spacial score (nSPS) is 14.8. The summed E-state index contributed by atoms with van der Waals surface area (Å²) in [5, 5.41) is 13.2. The van der Waals surface area contributed by atoms with Crippen molar-refractivity contribution in [2.45, 2.75) is 19.4 Å². The number of hydrogen-bond donors (Lipinski definition) is 1. The van der Waals surface area contributed by atoms with Crippen molar-refractivity contribution in [1.29, 1.82) is 0 Å². The molecular weight excluding hydrogens is 240 g/mol. The lowest BCUT2D eigenvalue weighted by Gasteiger charge is -2.24. The first-order valence-electron chi connectivity index (χ1n) is 5.05. The Labute approximate surface area is 104 Å². The van der Waals surface area contributed by atoms with Gasteiger partial charge in [0, 0.05) is 15.5 Å². The van der Waals surface area contributed by atoms with Crippen LogP contribution in [0.15, 0.2) is 35.7 Å². The minimum Gasteiger partial charge on any atom is -0.381 e. The highest BCUT2D eigenvalue weighted by molar-refractivity contribution is 7.10. The van der Waals surface area contributed by atoms with Crippen molar-refractivity contribution in [3.63, 3.8) is 0 Å². The highest BCUT2D eigenvalue weighted by Gasteiger charge is 2.27. The van der Waals surface area contributed by atoms with Gasteiger partial charge in [-0.3, -0.25) is 0 Å². The summed E-state index contributed by atoms with van der Waals surface area (Å²) in [5.41, 5.74) is 0.788. The van der Waals surface area contributed by atoms with E-state index in [1.165, 1.54) is 0 Å². The van der Waals surface area contributed by atoms with E-state index >= 15 is 0 Å². The Morgan fingerprint density at radius 1 is 1.31 bits per heavy atom. The second kappa shape index (κ2) is 4.21. The molecule has 0 radical (unpaired) electrons. The van der Waals surface area contributed by atoms with Gasteiger partial charge < -0.3 is 5.11 Å². The monoisotopic (exact) mass is 252 g/mol. The van der Waals surface area contributed by atoms with Crippen LogP contribution in [0.5, 0.6) is 0 Å². The van der Waals surface area contributed by atoms with Gasteiger partial charge in [-0.1, -0.05) is 23.7 Å². The van der Waals surface area contributed by atoms with Gasteiger partial charge in [0.05, 0.1) is 0 Å². The largest absolute Gasteiger partial charge is 0.381 e. The maximum Gasteiger partial charge on any atom is 0.113 e. The molecule has 2 aromatic rings. The Morgan fingerprint density at radius 2 is 2.06 bits per heavy atom. The van der Waals surface area contributed by atoms with Crippen LogP contribution in [0, 0.1) is 6.92 Å². The van der Waals surface area contributed by atoms with Crippen LogP contribution in [-0.2, 0) is 5.60 Å². The van der Waals surface area contributed by atoms with Gasteiger partial charge in [-0.25, -0.2) is 0 Å². The molecule has 1 aromatic carbocycles. The summed E-state index contributed by atoms with van der Waals surface area (Å²) >= 11 is 7.58. The molecule has 0 aliphatic rings. The molecule has 1 N–H and O–H groups in total. The number of hydrogen-bond acceptors (Lipinski definition) is 2. The minimum absolute atomic E-state index is 0.644. The van der Waals surface area contributed by atoms with Crippen molar-refractivity contribution >= 4 is 22.9 Å². The topological polar surface area (TPSA) is 20.2 Å². The lowest BCUT2D eigenvalue weighted by atomic mass is 9.89. The number of rotatable bonds is 2. The average molecular weight is 253 g/mol. The van der Waals surface area contributed by atoms with E-state index in [0.29, 0.717) is 5.02 Å². The van der Waals surface area contributed by atoms with E-state index in [-0.39, 0.29) is 0 Å². The summed E-state index contributed by atoms with van der Waals surface area (Å²) < 4.78 is 0. The Balaban J connectivity index is 2.51. The second-order valence-electron chi connectivity index (χ2n) is 3.97. The maximum absolute atomic E-state index is 10.6. The molecule has 1 unspecified atom stereocenters. The van der Waals surface area contributed by atoms with E-state index in [1.54, 1.807) is 24.3 Å². The third-order valence-corrected chi connectivity index (χ3v) is 3.85. The molecule has 2 rings (SSSR count). The summed E-state index contributed by atoms with van der Waals surface area (Å²) in [5.74, 6) is 0. The van der Waals surface area contributed by atoms with Gasteiger partial charge in [-0.05, 0) is 43.0 Å². The molecule has 1 nitrogen and oxygen atoms in total. The third-order valence-electron chi connectivity index (χ3n) is 2.77. The van der Waals surface area contributed by atoms with E-state index in [0.717, 1.165) is 16.0 Å². The molecule has 0 saturated heterocycles. The Morgan fingerprint density at radius 3 is 2.62 bits per heavy atom. The van der Waals surface area contributed by atoms with Crippen LogP contribution in [0.2, 0.25) is 5.02 Å². The van der Waals surface area contributed by atoms with Crippen LogP contribution >= 0.6 is 22.9 Å². The summed E-state index contributed by atoms with van der Waals surface area (Å²) in [4.78, 5) is 1.13. The van der Waals surface area contributed by atoms with Crippen LogP contribution in [0.25, 0.3) is 0 Å². The first kappa shape index (κ1) is 11.6. The molecule has 0 saturated carbocycles. The van der Waals surface area contributed by atoms with Crippen LogP contribution in [0.1, 0.15) is 22.9 Å². The van der Waals surface area contributed by atoms with Crippen molar-refractivity contribution in [1.82, 2.24) is 0 Å². The molecule has 1 heterocycles. The highest BCUT2D eigenvalue weighted by Crippen LogP contribution is 2.34. The minimum atomic E-state index is -0.977. The van der Waals surface area contributed by atoms with E-state index in [9.17, 15) is 5.11 Å². The van der Waals surface area contributed by atoms with Crippen LogP contribution in [0.4, 0.5) is 0 Å². The summed E-state index contributed by atoms with van der Waals surface area (Å²) in [6, 6.07) is 9.32. The van der Waals surface area contributed by atoms with Crippen molar-refractivity contribution in [2.75, 3.05) is 0 Å². The van der Waals surface area contributed by atoms with Gasteiger partial charge in [0.2, 0.25) is 0 Å². The standard InChI is InChI=1S/C13H13ClOS/c1-9-12(6-7-16-9)13(2,15)10-4-3-5-11(14)8-10/h3-8,15H,1-2H3. The molecule has 0 aliphatic heterocycles. The molecule has 1 atom stereocenters. The predicted octanol–water partition coefficient (Wildman–Crippen LogP) is 3.97. The number of aryl methyl sites for hydroxylation is 1. The highest BCUT2D eigenvalue weighted by atomic mass is 35.5. The Kier molecular flexibility index (Phi) is 3.06. The van der Waals surface area contributed by atoms with Crippen molar-refractivity contribution < 1.29 is 5.11 Å². The first-order valence-corrected chi connectivity index (χ1v) is 6.30. The summed E-state index contributed by atoms with van der Waals surface area (Å²) in [6.07, 6.45) is 0. The molecule has 84 valence electrons. The number of benzene rings is 1. The Hall–Kier alpha value is -0.830. The van der Waals surface area contributed by atoms with Crippen molar-refractivity contribution in [3.8, 4) is 0 Å². The number of thiophene rings is 1. The molecule has 0 spiro atoms. The van der Waals surface area contributed by atoms with Gasteiger partial charge in [0.1, 0.15) is 5.60 Å². The quantitative estimate of drug-likeness (QED) is 0.858. The van der Waals surface area contributed by atoms with Gasteiger partial charge in [-0.15, -0.1) is 11.3 Å². The average Bonchev–Trinajstić information content (AvgIpc) is 2.65. The van der Waals surface area contributed by atoms with Crippen LogP contribution in [-0.4, -0.2) is 5.11 Å². The van der Waals surface area contributed by atoms with Crippen LogP contribution < -0.4 is 0 Å². The molecule has 0 bridgehead atoms. The lowest BCUT2D eigenvalue weighted by Crippen LogP contribution is -2.22. The second-order valence-corrected chi connectivity index (χ2v) is 5.53. The van der Waals surface area contributed by atoms with Crippen LogP contribution in [0.3, 0.4) is 0 Å². The molecule has 3 heteroatoms. The van der Waals surface area contributed by atoms with E-state index in [4.69, 9.17) is 11.6 Å². The smallest absolute Gasteiger partial charge is 0.113 e. The molecule has 1 aromatic heterocycles. The van der Waals surface area contributed by atoms with Gasteiger partial charge in [0.15, 0.2) is 0 Å². The van der Waals surface area contributed by atoms with E-state index in [2.05, 4.69) is 0 Å². The van der Waals surface area contributed by atoms with Crippen molar-refractivity contribution in [2.24, 2.45) is 0 Å².